The lowest BCUT2D eigenvalue weighted by molar-refractivity contribution is -0.138. The molecule has 1 aromatic carbocycles. The molecule has 0 saturated carbocycles. The molecule has 1 aliphatic heterocycles. The fourth-order valence-corrected chi connectivity index (χ4v) is 2.90. The van der Waals surface area contributed by atoms with Gasteiger partial charge in [-0.1, -0.05) is 11.6 Å². The number of benzene rings is 1. The summed E-state index contributed by atoms with van der Waals surface area (Å²) in [7, 11) is 1.66. The summed E-state index contributed by atoms with van der Waals surface area (Å²) >= 11 is 6.03. The van der Waals surface area contributed by atoms with Crippen LogP contribution in [0.15, 0.2) is 18.2 Å². The molecule has 0 radical (unpaired) electrons. The van der Waals surface area contributed by atoms with Crippen molar-refractivity contribution in [2.75, 3.05) is 20.2 Å². The summed E-state index contributed by atoms with van der Waals surface area (Å²) in [5, 5.41) is 9.53. The highest BCUT2D eigenvalue weighted by atomic mass is 35.5. The number of carboxylic acids is 1. The molecule has 1 saturated heterocycles. The van der Waals surface area contributed by atoms with Crippen molar-refractivity contribution >= 4 is 17.6 Å². The van der Waals surface area contributed by atoms with Gasteiger partial charge in [-0.3, -0.25) is 9.69 Å². The molecule has 1 fully saturated rings. The van der Waals surface area contributed by atoms with Crippen molar-refractivity contribution in [1.29, 1.82) is 0 Å². The number of likely N-dealkylation sites (tertiary alicyclic amines) is 1. The fourth-order valence-electron chi connectivity index (χ4n) is 2.71. The van der Waals surface area contributed by atoms with E-state index in [4.69, 9.17) is 21.4 Å². The maximum atomic E-state index is 10.7. The molecule has 0 spiro atoms. The van der Waals surface area contributed by atoms with Crippen LogP contribution in [-0.4, -0.2) is 36.2 Å². The molecule has 4 nitrogen and oxygen atoms in total. The molecule has 110 valence electrons. The second-order valence-electron chi connectivity index (χ2n) is 5.27. The third-order valence-corrected chi connectivity index (χ3v) is 4.04. The Morgan fingerprint density at radius 1 is 1.45 bits per heavy atom. The van der Waals surface area contributed by atoms with Crippen molar-refractivity contribution in [2.45, 2.75) is 25.8 Å². The zero-order valence-corrected chi connectivity index (χ0v) is 12.4. The van der Waals surface area contributed by atoms with Crippen LogP contribution in [0.4, 0.5) is 0 Å². The third-order valence-electron chi connectivity index (χ3n) is 3.81. The number of nitrogens with zero attached hydrogens (tertiary/aromatic N) is 1. The van der Waals surface area contributed by atoms with Crippen molar-refractivity contribution in [3.63, 3.8) is 0 Å². The van der Waals surface area contributed by atoms with Gasteiger partial charge < -0.3 is 9.84 Å². The standard InChI is InChI=1S/C15H20ClNO3/c1-20-14-3-2-13(16)9-12(14)10-17-6-4-11(5-7-17)8-15(18)19/h2-3,9,11H,4-8,10H2,1H3,(H,18,19). The minimum atomic E-state index is -0.694. The van der Waals surface area contributed by atoms with E-state index in [0.717, 1.165) is 43.8 Å². The van der Waals surface area contributed by atoms with E-state index < -0.39 is 5.97 Å². The van der Waals surface area contributed by atoms with E-state index in [2.05, 4.69) is 4.90 Å². The highest BCUT2D eigenvalue weighted by molar-refractivity contribution is 6.30. The smallest absolute Gasteiger partial charge is 0.303 e. The number of ether oxygens (including phenoxy) is 1. The fraction of sp³-hybridized carbons (Fsp3) is 0.533. The molecule has 0 unspecified atom stereocenters. The average molecular weight is 298 g/mol. The van der Waals surface area contributed by atoms with Crippen LogP contribution in [0, 0.1) is 5.92 Å². The van der Waals surface area contributed by atoms with E-state index in [-0.39, 0.29) is 6.42 Å². The lowest BCUT2D eigenvalue weighted by Gasteiger charge is -2.31. The Bertz CT molecular complexity index is 470. The molecule has 0 aliphatic carbocycles. The summed E-state index contributed by atoms with van der Waals surface area (Å²) < 4.78 is 5.35. The van der Waals surface area contributed by atoms with Crippen molar-refractivity contribution in [3.05, 3.63) is 28.8 Å². The molecule has 1 N–H and O–H groups in total. The number of hydrogen-bond acceptors (Lipinski definition) is 3. The highest BCUT2D eigenvalue weighted by Crippen LogP contribution is 2.27. The first-order chi connectivity index (χ1) is 9.58. The Hall–Kier alpha value is -1.26. The van der Waals surface area contributed by atoms with Crippen molar-refractivity contribution in [2.24, 2.45) is 5.92 Å². The Kier molecular flexibility index (Phi) is 5.26. The highest BCUT2D eigenvalue weighted by Gasteiger charge is 2.22. The molecule has 1 aliphatic rings. The van der Waals surface area contributed by atoms with E-state index in [0.29, 0.717) is 10.9 Å². The zero-order chi connectivity index (χ0) is 14.5. The molecule has 0 aromatic heterocycles. The number of halogens is 1. The summed E-state index contributed by atoms with van der Waals surface area (Å²) in [5.41, 5.74) is 1.08. The van der Waals surface area contributed by atoms with Gasteiger partial charge in [0.1, 0.15) is 5.75 Å². The Balaban J connectivity index is 1.92. The zero-order valence-electron chi connectivity index (χ0n) is 11.6. The van der Waals surface area contributed by atoms with E-state index in [9.17, 15) is 4.79 Å². The van der Waals surface area contributed by atoms with Gasteiger partial charge in [0, 0.05) is 23.6 Å². The number of carbonyl (C=O) groups is 1. The van der Waals surface area contributed by atoms with Gasteiger partial charge in [-0.05, 0) is 50.0 Å². The first-order valence-electron chi connectivity index (χ1n) is 6.85. The predicted octanol–water partition coefficient (Wildman–Crippen LogP) is 3.04. The molecule has 2 rings (SSSR count). The molecule has 5 heteroatoms. The molecule has 1 aromatic rings. The second kappa shape index (κ2) is 6.95. The Morgan fingerprint density at radius 2 is 2.15 bits per heavy atom. The predicted molar refractivity (Wildman–Crippen MR) is 78.3 cm³/mol. The lowest BCUT2D eigenvalue weighted by atomic mass is 9.93. The Morgan fingerprint density at radius 3 is 2.75 bits per heavy atom. The third kappa shape index (κ3) is 4.12. The first-order valence-corrected chi connectivity index (χ1v) is 7.23. The Labute approximate surface area is 124 Å². The average Bonchev–Trinajstić information content (AvgIpc) is 2.41. The van der Waals surface area contributed by atoms with Crippen LogP contribution in [0.2, 0.25) is 5.02 Å². The van der Waals surface area contributed by atoms with Crippen LogP contribution in [0.1, 0.15) is 24.8 Å². The lowest BCUT2D eigenvalue weighted by Crippen LogP contribution is -2.34. The molecule has 0 bridgehead atoms. The maximum absolute atomic E-state index is 10.7. The van der Waals surface area contributed by atoms with Gasteiger partial charge >= 0.3 is 5.97 Å². The van der Waals surface area contributed by atoms with Crippen LogP contribution in [-0.2, 0) is 11.3 Å². The summed E-state index contributed by atoms with van der Waals surface area (Å²) in [5.74, 6) is 0.465. The maximum Gasteiger partial charge on any atom is 0.303 e. The van der Waals surface area contributed by atoms with Gasteiger partial charge in [-0.25, -0.2) is 0 Å². The van der Waals surface area contributed by atoms with E-state index in [1.165, 1.54) is 0 Å². The minimum absolute atomic E-state index is 0.286. The van der Waals surface area contributed by atoms with Crippen LogP contribution in [0.25, 0.3) is 0 Å². The number of methoxy groups -OCH3 is 1. The van der Waals surface area contributed by atoms with Crippen molar-refractivity contribution in [3.8, 4) is 5.75 Å². The number of hydrogen-bond donors (Lipinski definition) is 1. The van der Waals surface area contributed by atoms with Crippen LogP contribution in [0.3, 0.4) is 0 Å². The number of piperidine rings is 1. The summed E-state index contributed by atoms with van der Waals surface area (Å²) in [6.07, 6.45) is 2.17. The van der Waals surface area contributed by atoms with Crippen LogP contribution < -0.4 is 4.74 Å². The van der Waals surface area contributed by atoms with Crippen molar-refractivity contribution in [1.82, 2.24) is 4.90 Å². The normalized spacial score (nSPS) is 17.1. The quantitative estimate of drug-likeness (QED) is 0.907. The van der Waals surface area contributed by atoms with E-state index >= 15 is 0 Å². The number of aliphatic carboxylic acids is 1. The van der Waals surface area contributed by atoms with E-state index in [1.807, 2.05) is 18.2 Å². The van der Waals surface area contributed by atoms with Crippen molar-refractivity contribution < 1.29 is 14.6 Å². The molecule has 0 amide bonds. The SMILES string of the molecule is COc1ccc(Cl)cc1CN1CCC(CC(=O)O)CC1. The first kappa shape index (κ1) is 15.1. The van der Waals surface area contributed by atoms with Gasteiger partial charge in [0.05, 0.1) is 7.11 Å². The largest absolute Gasteiger partial charge is 0.496 e. The topological polar surface area (TPSA) is 49.8 Å². The summed E-state index contributed by atoms with van der Waals surface area (Å²) in [6.45, 7) is 2.64. The van der Waals surface area contributed by atoms with Gasteiger partial charge in [-0.2, -0.15) is 0 Å². The van der Waals surface area contributed by atoms with Gasteiger partial charge in [0.15, 0.2) is 0 Å². The minimum Gasteiger partial charge on any atom is -0.496 e. The van der Waals surface area contributed by atoms with Gasteiger partial charge in [-0.15, -0.1) is 0 Å². The summed E-state index contributed by atoms with van der Waals surface area (Å²) in [6, 6.07) is 5.64. The number of carboxylic acid groups (broad SMARTS) is 1. The second-order valence-corrected chi connectivity index (χ2v) is 5.71. The van der Waals surface area contributed by atoms with Gasteiger partial charge in [0.25, 0.3) is 0 Å². The molecular weight excluding hydrogens is 278 g/mol. The van der Waals surface area contributed by atoms with Gasteiger partial charge in [0.2, 0.25) is 0 Å². The molecule has 1 heterocycles. The van der Waals surface area contributed by atoms with E-state index in [1.54, 1.807) is 7.11 Å². The van der Waals surface area contributed by atoms with Crippen LogP contribution >= 0.6 is 11.6 Å². The molecular formula is C15H20ClNO3. The molecule has 20 heavy (non-hydrogen) atoms. The number of rotatable bonds is 5. The van der Waals surface area contributed by atoms with Crippen LogP contribution in [0.5, 0.6) is 5.75 Å². The molecule has 0 atom stereocenters. The monoisotopic (exact) mass is 297 g/mol. The summed E-state index contributed by atoms with van der Waals surface area (Å²) in [4.78, 5) is 13.0.